The molecule has 4 aliphatic rings. The lowest BCUT2D eigenvalue weighted by Gasteiger charge is -2.60. The average molecular weight is 348 g/mol. The molecule has 7 atom stereocenters. The fourth-order valence-corrected chi connectivity index (χ4v) is 7.36. The topological polar surface area (TPSA) is 52.6 Å². The van der Waals surface area contributed by atoms with E-state index in [9.17, 15) is 9.59 Å². The zero-order valence-corrected chi connectivity index (χ0v) is 15.9. The Balaban J connectivity index is 1.56. The number of carbonyl (C=O) groups is 2. The molecule has 0 aromatic rings. The second kappa shape index (κ2) is 5.99. The molecule has 0 aliphatic heterocycles. The molecular weight excluding hydrogens is 316 g/mol. The molecule has 25 heavy (non-hydrogen) atoms. The van der Waals surface area contributed by atoms with Crippen LogP contribution in [0, 0.1) is 34.5 Å². The van der Waals surface area contributed by atoms with Crippen LogP contribution in [0.25, 0.3) is 0 Å². The van der Waals surface area contributed by atoms with E-state index in [1.165, 1.54) is 32.8 Å². The third-order valence-corrected chi connectivity index (χ3v) is 8.80. The molecule has 0 radical (unpaired) electrons. The first-order valence-corrected chi connectivity index (χ1v) is 10.1. The van der Waals surface area contributed by atoms with Gasteiger partial charge >= 0.3 is 6.16 Å². The van der Waals surface area contributed by atoms with Crippen molar-refractivity contribution in [3.05, 3.63) is 0 Å². The summed E-state index contributed by atoms with van der Waals surface area (Å²) in [7, 11) is 1.39. The number of carbonyl (C=O) groups excluding carboxylic acids is 2. The first-order chi connectivity index (χ1) is 11.9. The van der Waals surface area contributed by atoms with E-state index < -0.39 is 6.16 Å². The zero-order chi connectivity index (χ0) is 17.8. The van der Waals surface area contributed by atoms with Crippen molar-refractivity contribution in [1.82, 2.24) is 0 Å². The Morgan fingerprint density at radius 1 is 1.00 bits per heavy atom. The van der Waals surface area contributed by atoms with Gasteiger partial charge in [0.25, 0.3) is 0 Å². The lowest BCUT2D eigenvalue weighted by atomic mass is 9.45. The molecule has 0 unspecified atom stereocenters. The molecule has 0 bridgehead atoms. The van der Waals surface area contributed by atoms with Gasteiger partial charge in [0.1, 0.15) is 11.9 Å². The normalized spacial score (nSPS) is 48.9. The largest absolute Gasteiger partial charge is 0.508 e. The second-order valence-corrected chi connectivity index (χ2v) is 9.58. The maximum absolute atomic E-state index is 12.0. The number of fused-ring (bicyclic) bond motifs is 5. The van der Waals surface area contributed by atoms with Crippen molar-refractivity contribution in [3.63, 3.8) is 0 Å². The summed E-state index contributed by atoms with van der Waals surface area (Å²) in [6.45, 7) is 4.81. The molecular formula is C21H32O4. The monoisotopic (exact) mass is 348 g/mol. The van der Waals surface area contributed by atoms with Crippen LogP contribution in [0.1, 0.15) is 71.6 Å². The number of ether oxygens (including phenoxy) is 2. The molecule has 4 nitrogen and oxygen atoms in total. The van der Waals surface area contributed by atoms with Gasteiger partial charge in [-0.25, -0.2) is 4.79 Å². The summed E-state index contributed by atoms with van der Waals surface area (Å²) in [6, 6.07) is 0. The van der Waals surface area contributed by atoms with Gasteiger partial charge in [-0.2, -0.15) is 0 Å². The predicted molar refractivity (Wildman–Crippen MR) is 94.0 cm³/mol. The van der Waals surface area contributed by atoms with Gasteiger partial charge in [-0.05, 0) is 74.0 Å². The average Bonchev–Trinajstić information content (AvgIpc) is 2.92. The highest BCUT2D eigenvalue weighted by Gasteiger charge is 2.61. The Kier molecular flexibility index (Phi) is 4.16. The number of methoxy groups -OCH3 is 1. The molecule has 4 aliphatic carbocycles. The quantitative estimate of drug-likeness (QED) is 0.642. The molecule has 0 heterocycles. The Labute approximate surface area is 151 Å². The van der Waals surface area contributed by atoms with Crippen LogP contribution in [0.15, 0.2) is 0 Å². The molecule has 0 amide bonds. The maximum atomic E-state index is 12.0. The molecule has 4 rings (SSSR count). The number of rotatable bonds is 1. The zero-order valence-electron chi connectivity index (χ0n) is 15.9. The van der Waals surface area contributed by atoms with E-state index in [2.05, 4.69) is 13.8 Å². The van der Waals surface area contributed by atoms with Crippen LogP contribution in [-0.2, 0) is 14.3 Å². The van der Waals surface area contributed by atoms with Crippen molar-refractivity contribution < 1.29 is 19.1 Å². The minimum atomic E-state index is -0.532. The van der Waals surface area contributed by atoms with Crippen LogP contribution < -0.4 is 0 Å². The summed E-state index contributed by atoms with van der Waals surface area (Å²) >= 11 is 0. The van der Waals surface area contributed by atoms with Crippen LogP contribution >= 0.6 is 0 Å². The van der Waals surface area contributed by atoms with Crippen LogP contribution in [0.4, 0.5) is 4.79 Å². The van der Waals surface area contributed by atoms with E-state index in [1.54, 1.807) is 0 Å². The smallest absolute Gasteiger partial charge is 0.438 e. The number of hydrogen-bond acceptors (Lipinski definition) is 4. The van der Waals surface area contributed by atoms with E-state index in [1.807, 2.05) is 0 Å². The van der Waals surface area contributed by atoms with E-state index in [4.69, 9.17) is 9.47 Å². The Morgan fingerprint density at radius 3 is 2.52 bits per heavy atom. The number of hydrogen-bond donors (Lipinski definition) is 0. The first-order valence-electron chi connectivity index (χ1n) is 10.1. The molecule has 140 valence electrons. The summed E-state index contributed by atoms with van der Waals surface area (Å²) in [6.07, 6.45) is 9.11. The molecule has 0 aromatic carbocycles. The highest BCUT2D eigenvalue weighted by Crippen LogP contribution is 2.66. The van der Waals surface area contributed by atoms with Crippen LogP contribution in [-0.4, -0.2) is 25.2 Å². The van der Waals surface area contributed by atoms with Crippen molar-refractivity contribution >= 4 is 11.9 Å². The van der Waals surface area contributed by atoms with Gasteiger partial charge < -0.3 is 9.47 Å². The minimum Gasteiger partial charge on any atom is -0.438 e. The highest BCUT2D eigenvalue weighted by molar-refractivity contribution is 5.79. The third kappa shape index (κ3) is 2.54. The Morgan fingerprint density at radius 2 is 1.76 bits per heavy atom. The molecule has 0 saturated heterocycles. The Bertz CT molecular complexity index is 572. The van der Waals surface area contributed by atoms with Gasteiger partial charge in [-0.15, -0.1) is 0 Å². The van der Waals surface area contributed by atoms with E-state index in [0.29, 0.717) is 23.0 Å². The van der Waals surface area contributed by atoms with Gasteiger partial charge in [-0.1, -0.05) is 13.8 Å². The highest BCUT2D eigenvalue weighted by atomic mass is 16.7. The first kappa shape index (κ1) is 17.4. The van der Waals surface area contributed by atoms with E-state index in [-0.39, 0.29) is 11.5 Å². The van der Waals surface area contributed by atoms with Gasteiger partial charge in [0.15, 0.2) is 0 Å². The molecule has 0 N–H and O–H groups in total. The maximum Gasteiger partial charge on any atom is 0.508 e. The lowest BCUT2D eigenvalue weighted by Crippen LogP contribution is -2.54. The number of Topliss-reactive ketones (excluding diaryl/α,β-unsaturated/α-hetero) is 1. The van der Waals surface area contributed by atoms with Crippen LogP contribution in [0.2, 0.25) is 0 Å². The lowest BCUT2D eigenvalue weighted by molar-refractivity contribution is -0.142. The van der Waals surface area contributed by atoms with E-state index >= 15 is 0 Å². The summed E-state index contributed by atoms with van der Waals surface area (Å²) in [4.78, 5) is 23.6. The standard InChI is InChI=1S/C21H32O4/c1-20-10-8-14(22)12-13(20)4-5-15-16-6-7-18(25-19(23)24-3)21(16,2)11-9-17(15)20/h13,15-18H,4-12H2,1-3H3/t13-,15-,16-,17-,18-,20-,21-/m0/s1. The summed E-state index contributed by atoms with van der Waals surface area (Å²) in [5.74, 6) is 3.21. The minimum absolute atomic E-state index is 0.00404. The van der Waals surface area contributed by atoms with Crippen molar-refractivity contribution in [2.75, 3.05) is 7.11 Å². The molecule has 4 saturated carbocycles. The van der Waals surface area contributed by atoms with Gasteiger partial charge in [0.05, 0.1) is 7.11 Å². The van der Waals surface area contributed by atoms with Crippen molar-refractivity contribution in [2.45, 2.75) is 77.7 Å². The third-order valence-electron chi connectivity index (χ3n) is 8.80. The number of ketones is 1. The molecule has 0 aromatic heterocycles. The molecule has 0 spiro atoms. The Hall–Kier alpha value is -1.06. The van der Waals surface area contributed by atoms with E-state index in [0.717, 1.165) is 43.9 Å². The fourth-order valence-electron chi connectivity index (χ4n) is 7.36. The van der Waals surface area contributed by atoms with Crippen molar-refractivity contribution in [2.24, 2.45) is 34.5 Å². The summed E-state index contributed by atoms with van der Waals surface area (Å²) < 4.78 is 10.4. The van der Waals surface area contributed by atoms with Crippen LogP contribution in [0.5, 0.6) is 0 Å². The van der Waals surface area contributed by atoms with Gasteiger partial charge in [0.2, 0.25) is 0 Å². The van der Waals surface area contributed by atoms with Crippen molar-refractivity contribution in [1.29, 1.82) is 0 Å². The van der Waals surface area contributed by atoms with Crippen LogP contribution in [0.3, 0.4) is 0 Å². The molecule has 4 heteroatoms. The van der Waals surface area contributed by atoms with Gasteiger partial charge in [0, 0.05) is 18.3 Å². The predicted octanol–water partition coefficient (Wildman–Crippen LogP) is 4.75. The fraction of sp³-hybridized carbons (Fsp3) is 0.905. The summed E-state index contributed by atoms with van der Waals surface area (Å²) in [5, 5.41) is 0. The summed E-state index contributed by atoms with van der Waals surface area (Å²) in [5.41, 5.74) is 0.447. The molecule has 4 fully saturated rings. The van der Waals surface area contributed by atoms with Gasteiger partial charge in [-0.3, -0.25) is 4.79 Å². The second-order valence-electron chi connectivity index (χ2n) is 9.58. The van der Waals surface area contributed by atoms with Crippen molar-refractivity contribution in [3.8, 4) is 0 Å². The SMILES string of the molecule is COC(=O)O[C@H]1CC[C@H]2[C@@H]3CC[C@H]4CC(=O)CC[C@]4(C)[C@H]3CC[C@]12C.